The van der Waals surface area contributed by atoms with Crippen LogP contribution in [0.2, 0.25) is 0 Å². The normalized spacial score (nSPS) is 28.2. The first-order valence-electron chi connectivity index (χ1n) is 13.5. The first kappa shape index (κ1) is 28.2. The summed E-state index contributed by atoms with van der Waals surface area (Å²) in [6.07, 6.45) is 5.89. The van der Waals surface area contributed by atoms with Gasteiger partial charge >= 0.3 is 5.97 Å². The van der Waals surface area contributed by atoms with Crippen LogP contribution in [-0.2, 0) is 23.9 Å². The fourth-order valence-corrected chi connectivity index (χ4v) is 4.71. The lowest BCUT2D eigenvalue weighted by atomic mass is 10.0. The highest BCUT2D eigenvalue weighted by molar-refractivity contribution is 5.93. The van der Waals surface area contributed by atoms with Crippen LogP contribution in [0.15, 0.2) is 36.5 Å². The van der Waals surface area contributed by atoms with Crippen LogP contribution in [0.3, 0.4) is 0 Å². The van der Waals surface area contributed by atoms with Crippen LogP contribution in [-0.4, -0.2) is 58.4 Å². The molecule has 208 valence electrons. The van der Waals surface area contributed by atoms with Crippen molar-refractivity contribution in [2.24, 2.45) is 11.8 Å². The number of hydrogen-bond donors (Lipinski definition) is 3. The van der Waals surface area contributed by atoms with Gasteiger partial charge in [-0.15, -0.1) is 0 Å². The predicted molar refractivity (Wildman–Crippen MR) is 147 cm³/mol. The van der Waals surface area contributed by atoms with Crippen molar-refractivity contribution in [3.8, 4) is 0 Å². The summed E-state index contributed by atoms with van der Waals surface area (Å²) >= 11 is 0. The molecule has 2 aliphatic rings. The third-order valence-corrected chi connectivity index (χ3v) is 7.21. The number of cyclic esters (lactones) is 1. The number of fused-ring (bicyclic) bond motifs is 4. The van der Waals surface area contributed by atoms with Gasteiger partial charge in [0.2, 0.25) is 11.8 Å². The van der Waals surface area contributed by atoms with Crippen LogP contribution >= 0.6 is 0 Å². The maximum atomic E-state index is 13.1. The summed E-state index contributed by atoms with van der Waals surface area (Å²) in [4.78, 5) is 56.7. The Morgan fingerprint density at radius 2 is 1.77 bits per heavy atom. The van der Waals surface area contributed by atoms with Crippen LogP contribution in [0.5, 0.6) is 0 Å². The van der Waals surface area contributed by atoms with E-state index in [1.54, 1.807) is 32.2 Å². The molecule has 3 heterocycles. The largest absolute Gasteiger partial charge is 0.457 e. The molecule has 3 N–H and O–H groups in total. The Kier molecular flexibility index (Phi) is 8.64. The molecule has 39 heavy (non-hydrogen) atoms. The number of nitrogens with one attached hydrogen (secondary N) is 3. The molecule has 0 saturated carbocycles. The number of esters is 1. The molecule has 0 radical (unpaired) electrons. The van der Waals surface area contributed by atoms with Crippen molar-refractivity contribution >= 4 is 40.5 Å². The first-order chi connectivity index (χ1) is 18.5. The SMILES string of the molecule is CC1/C=C/c2cc3cc(ccc3cn2)[C@@H](C)OC(=O)C2CCCN(N2)C(=O)[C@H](C)NC(=O)C(C(C)C)NC1=O. The molecule has 3 unspecified atom stereocenters. The molecule has 10 nitrogen and oxygen atoms in total. The minimum atomic E-state index is -0.868. The lowest BCUT2D eigenvalue weighted by Crippen LogP contribution is -2.61. The molecule has 1 saturated heterocycles. The summed E-state index contributed by atoms with van der Waals surface area (Å²) in [5, 5.41) is 8.78. The molecule has 5 bridgehead atoms. The topological polar surface area (TPSA) is 130 Å². The maximum absolute atomic E-state index is 13.1. The Bertz CT molecular complexity index is 1290. The van der Waals surface area contributed by atoms with Crippen LogP contribution in [0.25, 0.3) is 16.8 Å². The number of carbonyl (C=O) groups is 4. The van der Waals surface area contributed by atoms with Crippen molar-refractivity contribution in [2.45, 2.75) is 71.7 Å². The monoisotopic (exact) mass is 535 g/mol. The fourth-order valence-electron chi connectivity index (χ4n) is 4.71. The van der Waals surface area contributed by atoms with E-state index < -0.39 is 42.0 Å². The Labute approximate surface area is 228 Å². The Balaban J connectivity index is 1.67. The van der Waals surface area contributed by atoms with E-state index in [-0.39, 0.29) is 17.7 Å². The van der Waals surface area contributed by atoms with Gasteiger partial charge in [-0.3, -0.25) is 29.2 Å². The quantitative estimate of drug-likeness (QED) is 0.479. The highest BCUT2D eigenvalue weighted by atomic mass is 16.5. The molecule has 2 aliphatic heterocycles. The van der Waals surface area contributed by atoms with Gasteiger partial charge in [0.25, 0.3) is 5.91 Å². The second kappa shape index (κ2) is 11.9. The van der Waals surface area contributed by atoms with Gasteiger partial charge < -0.3 is 15.4 Å². The molecule has 10 heteroatoms. The smallest absolute Gasteiger partial charge is 0.325 e. The van der Waals surface area contributed by atoms with Gasteiger partial charge in [0.05, 0.1) is 11.6 Å². The van der Waals surface area contributed by atoms with Gasteiger partial charge in [-0.2, -0.15) is 0 Å². The minimum absolute atomic E-state index is 0.209. The Hall–Kier alpha value is -3.79. The summed E-state index contributed by atoms with van der Waals surface area (Å²) < 4.78 is 5.78. The van der Waals surface area contributed by atoms with Gasteiger partial charge in [-0.25, -0.2) is 5.43 Å². The summed E-state index contributed by atoms with van der Waals surface area (Å²) in [7, 11) is 0. The van der Waals surface area contributed by atoms with Crippen molar-refractivity contribution in [2.75, 3.05) is 6.54 Å². The minimum Gasteiger partial charge on any atom is -0.457 e. The Morgan fingerprint density at radius 3 is 2.51 bits per heavy atom. The Morgan fingerprint density at radius 1 is 1.00 bits per heavy atom. The standard InChI is InChI=1S/C29H37N5O5/c1-16(2)25-27(36)31-18(4)28(37)34-12-6-7-24(33-34)29(38)39-19(5)20-9-10-21-15-30-23(14-22(21)13-20)11-8-17(3)26(35)32-25/h8-11,13-19,24-25,33H,6-7,12H2,1-5H3,(H,31,36)(H,32,35)/b11-8+/t17?,18-,19+,24?,25?/m0/s1. The van der Waals surface area contributed by atoms with E-state index in [0.29, 0.717) is 25.1 Å². The summed E-state index contributed by atoms with van der Waals surface area (Å²) in [5.41, 5.74) is 4.48. The number of hydrazine groups is 1. The van der Waals surface area contributed by atoms with E-state index in [9.17, 15) is 19.2 Å². The molecule has 3 amide bonds. The van der Waals surface area contributed by atoms with Gasteiger partial charge in [-0.1, -0.05) is 39.0 Å². The molecule has 2 aromatic rings. The second-order valence-electron chi connectivity index (χ2n) is 10.7. The number of amides is 3. The third-order valence-electron chi connectivity index (χ3n) is 7.21. The number of ether oxygens (including phenoxy) is 1. The number of aromatic nitrogens is 1. The van der Waals surface area contributed by atoms with E-state index in [1.165, 1.54) is 5.01 Å². The van der Waals surface area contributed by atoms with Crippen LogP contribution in [0.1, 0.15) is 64.8 Å². The molecule has 1 fully saturated rings. The number of rotatable bonds is 1. The maximum Gasteiger partial charge on any atom is 0.325 e. The van der Waals surface area contributed by atoms with E-state index in [1.807, 2.05) is 45.0 Å². The average Bonchev–Trinajstić information content (AvgIpc) is 2.92. The van der Waals surface area contributed by atoms with Crippen molar-refractivity contribution in [1.29, 1.82) is 0 Å². The fraction of sp³-hybridized carbons (Fsp3) is 0.483. The van der Waals surface area contributed by atoms with Crippen LogP contribution in [0.4, 0.5) is 0 Å². The zero-order valence-electron chi connectivity index (χ0n) is 23.1. The molecule has 1 aromatic heterocycles. The van der Waals surface area contributed by atoms with E-state index in [0.717, 1.165) is 16.3 Å². The lowest BCUT2D eigenvalue weighted by Gasteiger charge is -2.35. The summed E-state index contributed by atoms with van der Waals surface area (Å²) in [6, 6.07) is 5.32. The number of pyridine rings is 1. The van der Waals surface area contributed by atoms with Crippen molar-refractivity contribution in [3.05, 3.63) is 47.8 Å². The molecular weight excluding hydrogens is 498 g/mol. The van der Waals surface area contributed by atoms with Crippen LogP contribution in [0, 0.1) is 11.8 Å². The van der Waals surface area contributed by atoms with Gasteiger partial charge in [0.1, 0.15) is 24.2 Å². The summed E-state index contributed by atoms with van der Waals surface area (Å²) in [5.74, 6) is -2.31. The van der Waals surface area contributed by atoms with E-state index in [4.69, 9.17) is 4.74 Å². The second-order valence-corrected chi connectivity index (χ2v) is 10.7. The predicted octanol–water partition coefficient (Wildman–Crippen LogP) is 2.64. The highest BCUT2D eigenvalue weighted by Crippen LogP contribution is 2.24. The van der Waals surface area contributed by atoms with Crippen LogP contribution < -0.4 is 16.1 Å². The highest BCUT2D eigenvalue weighted by Gasteiger charge is 2.34. The van der Waals surface area contributed by atoms with E-state index in [2.05, 4.69) is 21.0 Å². The molecule has 0 aliphatic carbocycles. The van der Waals surface area contributed by atoms with Gasteiger partial charge in [-0.05, 0) is 61.8 Å². The number of benzene rings is 1. The number of carbonyl (C=O) groups excluding carboxylic acids is 4. The number of nitrogens with zero attached hydrogens (tertiary/aromatic N) is 2. The summed E-state index contributed by atoms with van der Waals surface area (Å²) in [6.45, 7) is 9.20. The first-order valence-corrected chi connectivity index (χ1v) is 13.5. The lowest BCUT2D eigenvalue weighted by molar-refractivity contribution is -0.157. The molecule has 0 spiro atoms. The molecule has 5 atom stereocenters. The molecule has 1 aromatic carbocycles. The zero-order valence-corrected chi connectivity index (χ0v) is 23.1. The van der Waals surface area contributed by atoms with Gasteiger partial charge in [0.15, 0.2) is 0 Å². The van der Waals surface area contributed by atoms with Gasteiger partial charge in [0, 0.05) is 18.1 Å². The van der Waals surface area contributed by atoms with E-state index >= 15 is 0 Å². The molecule has 4 rings (SSSR count). The number of hydrogen-bond acceptors (Lipinski definition) is 7. The van der Waals surface area contributed by atoms with Crippen molar-refractivity contribution in [1.82, 2.24) is 26.1 Å². The van der Waals surface area contributed by atoms with Crippen molar-refractivity contribution in [3.63, 3.8) is 0 Å². The third kappa shape index (κ3) is 6.62. The zero-order chi connectivity index (χ0) is 28.3. The van der Waals surface area contributed by atoms with Crippen molar-refractivity contribution < 1.29 is 23.9 Å². The average molecular weight is 536 g/mol. The molecular formula is C29H37N5O5.